The number of fused-ring (bicyclic) bond motifs is 3. The molecule has 0 spiro atoms. The molecule has 3 nitrogen and oxygen atoms in total. The van der Waals surface area contributed by atoms with Crippen molar-refractivity contribution in [1.29, 1.82) is 0 Å². The Morgan fingerprint density at radius 3 is 2.54 bits per heavy atom. The van der Waals surface area contributed by atoms with Crippen LogP contribution in [0.1, 0.15) is 44.7 Å². The summed E-state index contributed by atoms with van der Waals surface area (Å²) in [4.78, 5) is 21.2. The normalized spacial score (nSPS) is 27.2. The number of nitrogens with one attached hydrogen (secondary N) is 1. The van der Waals surface area contributed by atoms with E-state index in [1.165, 1.54) is 5.56 Å². The number of aromatic nitrogens is 2. The topological polar surface area (TPSA) is 45.8 Å². The molecule has 5 rings (SSSR count). The van der Waals surface area contributed by atoms with E-state index in [2.05, 4.69) is 75.2 Å². The van der Waals surface area contributed by atoms with Crippen molar-refractivity contribution in [1.82, 2.24) is 9.97 Å². The van der Waals surface area contributed by atoms with Crippen LogP contribution in [0.3, 0.4) is 0 Å². The van der Waals surface area contributed by atoms with E-state index in [1.807, 2.05) is 6.07 Å². The molecular weight excluding hydrogens is 344 g/mol. The lowest BCUT2D eigenvalue weighted by molar-refractivity contribution is -0.125. The number of carbonyl (C=O) groups is 1. The third kappa shape index (κ3) is 2.28. The maximum Gasteiger partial charge on any atom is 0.165 e. The summed E-state index contributed by atoms with van der Waals surface area (Å²) in [5.74, 6) is 1.61. The number of aryl methyl sites for hydroxylation is 1. The number of imidazole rings is 1. The van der Waals surface area contributed by atoms with E-state index < -0.39 is 0 Å². The second kappa shape index (κ2) is 5.66. The van der Waals surface area contributed by atoms with Gasteiger partial charge < -0.3 is 4.98 Å². The molecule has 1 N–H and O–H groups in total. The van der Waals surface area contributed by atoms with Gasteiger partial charge in [-0.1, -0.05) is 51.1 Å². The average molecular weight is 370 g/mol. The number of rotatable bonds is 2. The van der Waals surface area contributed by atoms with Gasteiger partial charge >= 0.3 is 0 Å². The quantitative estimate of drug-likeness (QED) is 0.567. The third-order valence-corrected chi connectivity index (χ3v) is 7.51. The van der Waals surface area contributed by atoms with Crippen LogP contribution in [-0.4, -0.2) is 15.8 Å². The Labute approximate surface area is 165 Å². The molecule has 0 amide bonds. The predicted octanol–water partition coefficient (Wildman–Crippen LogP) is 5.95. The maximum atomic E-state index is 13.0. The molecule has 2 saturated carbocycles. The lowest BCUT2D eigenvalue weighted by atomic mass is 9.70. The number of nitrogens with zero attached hydrogens (tertiary/aromatic N) is 1. The molecule has 1 aromatic heterocycles. The van der Waals surface area contributed by atoms with Gasteiger partial charge in [0.05, 0.1) is 11.0 Å². The lowest BCUT2D eigenvalue weighted by Gasteiger charge is -2.31. The summed E-state index contributed by atoms with van der Waals surface area (Å²) in [5, 5.41) is 0. The minimum Gasteiger partial charge on any atom is -0.338 e. The van der Waals surface area contributed by atoms with Gasteiger partial charge in [-0.05, 0) is 66.0 Å². The molecule has 1 heterocycles. The number of aromatic amines is 1. The Morgan fingerprint density at radius 1 is 1.11 bits per heavy atom. The fourth-order valence-electron chi connectivity index (χ4n) is 5.27. The Hall–Kier alpha value is -2.68. The van der Waals surface area contributed by atoms with Gasteiger partial charge in [0.2, 0.25) is 0 Å². The highest BCUT2D eigenvalue weighted by Crippen LogP contribution is 2.65. The van der Waals surface area contributed by atoms with Crippen LogP contribution in [0.5, 0.6) is 0 Å². The monoisotopic (exact) mass is 370 g/mol. The molecule has 3 heteroatoms. The smallest absolute Gasteiger partial charge is 0.165 e. The van der Waals surface area contributed by atoms with Crippen LogP contribution < -0.4 is 0 Å². The third-order valence-electron chi connectivity index (χ3n) is 7.51. The molecule has 2 atom stereocenters. The fraction of sp³-hybridized carbons (Fsp3) is 0.360. The first-order valence-electron chi connectivity index (χ1n) is 10.1. The molecule has 2 bridgehead atoms. The summed E-state index contributed by atoms with van der Waals surface area (Å²) < 4.78 is 0. The van der Waals surface area contributed by atoms with Crippen molar-refractivity contribution >= 4 is 22.9 Å². The van der Waals surface area contributed by atoms with Crippen molar-refractivity contribution in [3.8, 4) is 11.4 Å². The fourth-order valence-corrected chi connectivity index (χ4v) is 5.27. The molecule has 2 unspecified atom stereocenters. The number of benzene rings is 2. The summed E-state index contributed by atoms with van der Waals surface area (Å²) in [6, 6.07) is 14.6. The Kier molecular flexibility index (Phi) is 3.52. The molecule has 142 valence electrons. The highest BCUT2D eigenvalue weighted by Gasteiger charge is 2.63. The van der Waals surface area contributed by atoms with Crippen LogP contribution in [0, 0.1) is 23.7 Å². The highest BCUT2D eigenvalue weighted by molar-refractivity contribution is 6.08. The zero-order valence-electron chi connectivity index (χ0n) is 17.0. The average Bonchev–Trinajstić information content (AvgIpc) is 3.22. The van der Waals surface area contributed by atoms with E-state index in [1.54, 1.807) is 0 Å². The van der Waals surface area contributed by atoms with Crippen LogP contribution in [0.15, 0.2) is 48.0 Å². The van der Waals surface area contributed by atoms with Crippen molar-refractivity contribution in [2.75, 3.05) is 0 Å². The standard InChI is InChI=1S/C25H26N2O/c1-15-5-10-20-21(13-15)27-23(26-20)17-8-6-16(7-9-17)14-18-19-11-12-25(4,22(18)28)24(19,2)3/h5-10,13-14,19H,11-12H2,1-4H3,(H,26,27)/b18-14-. The molecule has 3 aromatic rings. The molecule has 28 heavy (non-hydrogen) atoms. The number of Topliss-reactive ketones (excluding diaryl/α,β-unsaturated/α-hetero) is 1. The maximum absolute atomic E-state index is 13.0. The minimum absolute atomic E-state index is 0.0578. The van der Waals surface area contributed by atoms with Crippen LogP contribution in [0.4, 0.5) is 0 Å². The molecule has 2 aliphatic rings. The van der Waals surface area contributed by atoms with Crippen molar-refractivity contribution in [2.24, 2.45) is 16.7 Å². The number of carbonyl (C=O) groups excluding carboxylic acids is 1. The van der Waals surface area contributed by atoms with Crippen molar-refractivity contribution in [3.63, 3.8) is 0 Å². The van der Waals surface area contributed by atoms with E-state index >= 15 is 0 Å². The Balaban J connectivity index is 1.47. The molecule has 0 radical (unpaired) electrons. The number of ketones is 1. The van der Waals surface area contributed by atoms with Crippen LogP contribution in [0.25, 0.3) is 28.5 Å². The van der Waals surface area contributed by atoms with Gasteiger partial charge in [-0.3, -0.25) is 4.79 Å². The summed E-state index contributed by atoms with van der Waals surface area (Å²) >= 11 is 0. The number of hydrogen-bond donors (Lipinski definition) is 1. The zero-order valence-corrected chi connectivity index (χ0v) is 17.0. The first-order valence-corrected chi connectivity index (χ1v) is 10.1. The summed E-state index contributed by atoms with van der Waals surface area (Å²) in [7, 11) is 0. The molecular formula is C25H26N2O. The summed E-state index contributed by atoms with van der Waals surface area (Å²) in [6.07, 6.45) is 4.26. The van der Waals surface area contributed by atoms with Crippen LogP contribution in [0.2, 0.25) is 0 Å². The Morgan fingerprint density at radius 2 is 1.86 bits per heavy atom. The van der Waals surface area contributed by atoms with Gasteiger partial charge in [0, 0.05) is 11.0 Å². The highest BCUT2D eigenvalue weighted by atomic mass is 16.1. The van der Waals surface area contributed by atoms with Crippen molar-refractivity contribution in [2.45, 2.75) is 40.5 Å². The van der Waals surface area contributed by atoms with E-state index in [4.69, 9.17) is 4.98 Å². The Bertz CT molecular complexity index is 1130. The van der Waals surface area contributed by atoms with E-state index in [9.17, 15) is 4.79 Å². The predicted molar refractivity (Wildman–Crippen MR) is 114 cm³/mol. The molecule has 0 saturated heterocycles. The van der Waals surface area contributed by atoms with E-state index in [0.29, 0.717) is 11.7 Å². The zero-order chi connectivity index (χ0) is 19.7. The van der Waals surface area contributed by atoms with Crippen LogP contribution >= 0.6 is 0 Å². The minimum atomic E-state index is -0.199. The van der Waals surface area contributed by atoms with Crippen molar-refractivity contribution < 1.29 is 4.79 Å². The second-order valence-corrected chi connectivity index (χ2v) is 9.30. The van der Waals surface area contributed by atoms with Gasteiger partial charge in [-0.2, -0.15) is 0 Å². The van der Waals surface area contributed by atoms with Crippen LogP contribution in [-0.2, 0) is 4.79 Å². The first-order chi connectivity index (χ1) is 13.3. The van der Waals surface area contributed by atoms with Gasteiger partial charge in [0.15, 0.2) is 5.78 Å². The first kappa shape index (κ1) is 17.4. The SMILES string of the molecule is Cc1ccc2nc(-c3ccc(/C=C4\C(=O)C5(C)CCC4C5(C)C)cc3)[nH]c2c1. The largest absolute Gasteiger partial charge is 0.338 e. The second-order valence-electron chi connectivity index (χ2n) is 9.30. The van der Waals surface area contributed by atoms with E-state index in [0.717, 1.165) is 46.4 Å². The van der Waals surface area contributed by atoms with Crippen molar-refractivity contribution in [3.05, 3.63) is 59.2 Å². The lowest BCUT2D eigenvalue weighted by Crippen LogP contribution is -2.32. The molecule has 2 aliphatic carbocycles. The van der Waals surface area contributed by atoms with Gasteiger partial charge in [0.1, 0.15) is 5.82 Å². The summed E-state index contributed by atoms with van der Waals surface area (Å²) in [6.45, 7) is 8.76. The van der Waals surface area contributed by atoms with Gasteiger partial charge in [-0.15, -0.1) is 0 Å². The van der Waals surface area contributed by atoms with Gasteiger partial charge in [0.25, 0.3) is 0 Å². The number of hydrogen-bond acceptors (Lipinski definition) is 2. The molecule has 0 aliphatic heterocycles. The van der Waals surface area contributed by atoms with E-state index in [-0.39, 0.29) is 10.8 Å². The summed E-state index contributed by atoms with van der Waals surface area (Å²) in [5.41, 5.74) is 6.29. The number of H-pyrrole nitrogens is 1. The number of allylic oxidation sites excluding steroid dienone is 1. The van der Waals surface area contributed by atoms with Gasteiger partial charge in [-0.25, -0.2) is 4.98 Å². The molecule has 2 fully saturated rings. The molecule has 2 aromatic carbocycles.